The van der Waals surface area contributed by atoms with Crippen molar-refractivity contribution >= 4 is 26.8 Å². The van der Waals surface area contributed by atoms with E-state index in [9.17, 15) is 5.11 Å². The summed E-state index contributed by atoms with van der Waals surface area (Å²) in [6.45, 7) is 1.76. The van der Waals surface area contributed by atoms with Crippen molar-refractivity contribution in [2.75, 3.05) is 0 Å². The fourth-order valence-electron chi connectivity index (χ4n) is 2.07. The molecule has 5 heteroatoms. The van der Waals surface area contributed by atoms with Gasteiger partial charge < -0.3 is 5.11 Å². The van der Waals surface area contributed by atoms with Crippen LogP contribution < -0.4 is 0 Å². The summed E-state index contributed by atoms with van der Waals surface area (Å²) in [5, 5.41) is 10.3. The second-order valence-corrected chi connectivity index (χ2v) is 5.35. The first kappa shape index (κ1) is 13.1. The van der Waals surface area contributed by atoms with Crippen molar-refractivity contribution in [2.45, 2.75) is 13.5 Å². The molecule has 0 aliphatic rings. The molecule has 1 N–H and O–H groups in total. The zero-order chi connectivity index (χ0) is 14.1. The molecule has 2 aromatic heterocycles. The molecule has 0 bridgehead atoms. The van der Waals surface area contributed by atoms with Crippen LogP contribution in [0.25, 0.3) is 22.4 Å². The molecule has 0 amide bonds. The molecule has 1 aromatic carbocycles. The Kier molecular flexibility index (Phi) is 3.46. The molecule has 0 spiro atoms. The summed E-state index contributed by atoms with van der Waals surface area (Å²) in [7, 11) is 0. The number of nitrogens with zero attached hydrogens (tertiary/aromatic N) is 3. The third-order valence-corrected chi connectivity index (χ3v) is 3.56. The van der Waals surface area contributed by atoms with Crippen LogP contribution in [0.15, 0.2) is 40.9 Å². The molecule has 0 aliphatic heterocycles. The molecular formula is C15H12BrN3O. The Balaban J connectivity index is 2.23. The molecule has 0 fully saturated rings. The summed E-state index contributed by atoms with van der Waals surface area (Å²) in [6, 6.07) is 11.6. The highest BCUT2D eigenvalue weighted by Gasteiger charge is 2.11. The minimum absolute atomic E-state index is 0.110. The molecule has 2 heterocycles. The predicted octanol–water partition coefficient (Wildman–Crippen LogP) is 3.26. The topological polar surface area (TPSA) is 58.9 Å². The Bertz CT molecular complexity index is 789. The summed E-state index contributed by atoms with van der Waals surface area (Å²) in [4.78, 5) is 13.3. The van der Waals surface area contributed by atoms with Gasteiger partial charge in [-0.25, -0.2) is 15.0 Å². The Morgan fingerprint density at radius 2 is 1.90 bits per heavy atom. The molecule has 0 radical (unpaired) electrons. The lowest BCUT2D eigenvalue weighted by atomic mass is 10.2. The lowest BCUT2D eigenvalue weighted by Gasteiger charge is -2.07. The van der Waals surface area contributed by atoms with Crippen molar-refractivity contribution in [1.29, 1.82) is 0 Å². The van der Waals surface area contributed by atoms with Crippen LogP contribution in [0.3, 0.4) is 0 Å². The highest BCUT2D eigenvalue weighted by Crippen LogP contribution is 2.27. The van der Waals surface area contributed by atoms with E-state index >= 15 is 0 Å². The van der Waals surface area contributed by atoms with Crippen molar-refractivity contribution in [1.82, 2.24) is 15.0 Å². The van der Waals surface area contributed by atoms with Gasteiger partial charge in [0, 0.05) is 15.6 Å². The number of aryl methyl sites for hydroxylation is 1. The lowest BCUT2D eigenvalue weighted by Crippen LogP contribution is -2.00. The Morgan fingerprint density at radius 3 is 2.70 bits per heavy atom. The highest BCUT2D eigenvalue weighted by molar-refractivity contribution is 9.10. The van der Waals surface area contributed by atoms with E-state index in [1.165, 1.54) is 0 Å². The Morgan fingerprint density at radius 1 is 1.10 bits per heavy atom. The maximum Gasteiger partial charge on any atom is 0.179 e. The highest BCUT2D eigenvalue weighted by atomic mass is 79.9. The number of rotatable bonds is 2. The number of hydrogen-bond donors (Lipinski definition) is 1. The van der Waals surface area contributed by atoms with Gasteiger partial charge in [0.15, 0.2) is 5.82 Å². The van der Waals surface area contributed by atoms with Crippen molar-refractivity contribution in [3.63, 3.8) is 0 Å². The largest absolute Gasteiger partial charge is 0.390 e. The summed E-state index contributed by atoms with van der Waals surface area (Å²) in [6.07, 6.45) is 0. The van der Waals surface area contributed by atoms with Crippen LogP contribution in [-0.2, 0) is 6.61 Å². The number of aliphatic hydroxyl groups excluding tert-OH is 1. The van der Waals surface area contributed by atoms with Gasteiger partial charge in [-0.1, -0.05) is 18.2 Å². The van der Waals surface area contributed by atoms with Crippen LogP contribution in [0.1, 0.15) is 11.4 Å². The number of halogens is 1. The van der Waals surface area contributed by atoms with Gasteiger partial charge in [0.25, 0.3) is 0 Å². The van der Waals surface area contributed by atoms with Crippen LogP contribution in [0.5, 0.6) is 0 Å². The second kappa shape index (κ2) is 5.26. The first-order chi connectivity index (χ1) is 9.67. The van der Waals surface area contributed by atoms with Crippen LogP contribution in [-0.4, -0.2) is 20.1 Å². The third-order valence-electron chi connectivity index (χ3n) is 2.96. The van der Waals surface area contributed by atoms with E-state index in [2.05, 4.69) is 30.9 Å². The molecule has 3 aromatic rings. The van der Waals surface area contributed by atoms with Gasteiger partial charge in [0.1, 0.15) is 5.69 Å². The monoisotopic (exact) mass is 329 g/mol. The summed E-state index contributed by atoms with van der Waals surface area (Å²) in [5.74, 6) is 0.520. The standard InChI is InChI=1S/C15H12BrN3O/c1-9-6-11(8-20)18-15(17-9)14-12(16)7-10-4-2-3-5-13(10)19-14/h2-7,20H,8H2,1H3. The Hall–Kier alpha value is -1.85. The van der Waals surface area contributed by atoms with Crippen LogP contribution in [0, 0.1) is 6.92 Å². The maximum absolute atomic E-state index is 9.25. The molecule has 0 aliphatic carbocycles. The average Bonchev–Trinajstić information content (AvgIpc) is 2.45. The van der Waals surface area contributed by atoms with Gasteiger partial charge >= 0.3 is 0 Å². The smallest absolute Gasteiger partial charge is 0.179 e. The van der Waals surface area contributed by atoms with Crippen molar-refractivity contribution in [3.8, 4) is 11.5 Å². The van der Waals surface area contributed by atoms with Gasteiger partial charge in [0.05, 0.1) is 17.8 Å². The van der Waals surface area contributed by atoms with Crippen LogP contribution in [0.4, 0.5) is 0 Å². The molecule has 20 heavy (non-hydrogen) atoms. The zero-order valence-corrected chi connectivity index (χ0v) is 12.4. The SMILES string of the molecule is Cc1cc(CO)nc(-c2nc3ccccc3cc2Br)n1. The van der Waals surface area contributed by atoms with Crippen LogP contribution >= 0.6 is 15.9 Å². The number of hydrogen-bond acceptors (Lipinski definition) is 4. The average molecular weight is 330 g/mol. The van der Waals surface area contributed by atoms with E-state index in [4.69, 9.17) is 0 Å². The number of aromatic nitrogens is 3. The van der Waals surface area contributed by atoms with E-state index in [1.54, 1.807) is 6.07 Å². The molecule has 0 saturated heterocycles. The molecular weight excluding hydrogens is 318 g/mol. The summed E-state index contributed by atoms with van der Waals surface area (Å²) >= 11 is 3.52. The van der Waals surface area contributed by atoms with Crippen molar-refractivity contribution in [3.05, 3.63) is 52.3 Å². The van der Waals surface area contributed by atoms with E-state index in [0.717, 1.165) is 21.1 Å². The first-order valence-corrected chi connectivity index (χ1v) is 6.98. The second-order valence-electron chi connectivity index (χ2n) is 4.49. The maximum atomic E-state index is 9.25. The molecule has 3 rings (SSSR count). The fourth-order valence-corrected chi connectivity index (χ4v) is 2.58. The summed E-state index contributed by atoms with van der Waals surface area (Å²) < 4.78 is 0.839. The molecule has 100 valence electrons. The van der Waals surface area contributed by atoms with Gasteiger partial charge in [-0.3, -0.25) is 0 Å². The number of aliphatic hydroxyl groups is 1. The third kappa shape index (κ3) is 2.42. The van der Waals surface area contributed by atoms with Crippen molar-refractivity contribution < 1.29 is 5.11 Å². The van der Waals surface area contributed by atoms with Crippen molar-refractivity contribution in [2.24, 2.45) is 0 Å². The molecule has 0 unspecified atom stereocenters. The van der Waals surface area contributed by atoms with E-state index in [0.29, 0.717) is 17.2 Å². The van der Waals surface area contributed by atoms with Gasteiger partial charge in [-0.15, -0.1) is 0 Å². The van der Waals surface area contributed by atoms with E-state index < -0.39 is 0 Å². The lowest BCUT2D eigenvalue weighted by molar-refractivity contribution is 0.276. The first-order valence-electron chi connectivity index (χ1n) is 6.18. The number of pyridine rings is 1. The normalized spacial score (nSPS) is 10.9. The van der Waals surface area contributed by atoms with E-state index in [1.807, 2.05) is 37.3 Å². The Labute approximate surface area is 124 Å². The molecule has 0 saturated carbocycles. The minimum Gasteiger partial charge on any atom is -0.390 e. The number of para-hydroxylation sites is 1. The van der Waals surface area contributed by atoms with Gasteiger partial charge in [-0.05, 0) is 41.1 Å². The summed E-state index contributed by atoms with van der Waals surface area (Å²) in [5.41, 5.74) is 2.97. The van der Waals surface area contributed by atoms with Crippen LogP contribution in [0.2, 0.25) is 0 Å². The van der Waals surface area contributed by atoms with Gasteiger partial charge in [-0.2, -0.15) is 0 Å². The zero-order valence-electron chi connectivity index (χ0n) is 10.8. The minimum atomic E-state index is -0.110. The van der Waals surface area contributed by atoms with E-state index in [-0.39, 0.29) is 6.61 Å². The quantitative estimate of drug-likeness (QED) is 0.784. The fraction of sp³-hybridized carbons (Fsp3) is 0.133. The molecule has 4 nitrogen and oxygen atoms in total. The van der Waals surface area contributed by atoms with Gasteiger partial charge in [0.2, 0.25) is 0 Å². The predicted molar refractivity (Wildman–Crippen MR) is 81.1 cm³/mol. The number of benzene rings is 1. The number of fused-ring (bicyclic) bond motifs is 1. The molecule has 0 atom stereocenters.